The molecule has 1 aromatic carbocycles. The van der Waals surface area contributed by atoms with Crippen LogP contribution in [0, 0.1) is 0 Å². The van der Waals surface area contributed by atoms with E-state index in [1.54, 1.807) is 0 Å². The van der Waals surface area contributed by atoms with Crippen molar-refractivity contribution in [3.8, 4) is 0 Å². The van der Waals surface area contributed by atoms with Gasteiger partial charge in [-0.2, -0.15) is 8.78 Å². The van der Waals surface area contributed by atoms with Crippen LogP contribution in [-0.2, 0) is 0 Å². The van der Waals surface area contributed by atoms with Crippen LogP contribution >= 0.6 is 0 Å². The number of aromatic carboxylic acids is 1. The number of carbonyl (C=O) groups is 1. The third-order valence-corrected chi connectivity index (χ3v) is 2.13. The van der Waals surface area contributed by atoms with Crippen molar-refractivity contribution in [2.75, 3.05) is 17.6 Å². The van der Waals surface area contributed by atoms with Crippen LogP contribution in [0.2, 0.25) is 0 Å². The zero-order valence-corrected chi connectivity index (χ0v) is 8.96. The largest absolute Gasteiger partial charge is 0.478 e. The molecule has 0 fully saturated rings. The molecule has 0 aliphatic heterocycles. The Morgan fingerprint density at radius 2 is 2.06 bits per heavy atom. The van der Waals surface area contributed by atoms with Gasteiger partial charge in [0.05, 0.1) is 23.5 Å². The Labute approximate surface area is 99.4 Å². The zero-order chi connectivity index (χ0) is 13.9. The van der Waals surface area contributed by atoms with Crippen molar-refractivity contribution < 1.29 is 27.5 Å². The molecule has 0 amide bonds. The highest BCUT2D eigenvalue weighted by Crippen LogP contribution is 2.26. The minimum atomic E-state index is -4.22. The number of alkyl halides is 4. The lowest BCUT2D eigenvalue weighted by molar-refractivity contribution is -0.117. The molecule has 0 radical (unpaired) electrons. The van der Waals surface area contributed by atoms with E-state index in [4.69, 9.17) is 10.8 Å². The first-order chi connectivity index (χ1) is 8.24. The molecular formula is C10H10F4N2O2. The van der Waals surface area contributed by atoms with Gasteiger partial charge in [0.1, 0.15) is 0 Å². The molecule has 0 aliphatic carbocycles. The summed E-state index contributed by atoms with van der Waals surface area (Å²) in [6.45, 7) is -1.34. The molecule has 18 heavy (non-hydrogen) atoms. The van der Waals surface area contributed by atoms with Crippen molar-refractivity contribution in [2.24, 2.45) is 0 Å². The lowest BCUT2D eigenvalue weighted by atomic mass is 10.1. The smallest absolute Gasteiger partial charge is 0.335 e. The van der Waals surface area contributed by atoms with E-state index in [0.29, 0.717) is 0 Å². The maximum atomic E-state index is 12.7. The van der Waals surface area contributed by atoms with Crippen LogP contribution in [0.5, 0.6) is 0 Å². The number of halogens is 4. The number of hydrogen-bond acceptors (Lipinski definition) is 3. The zero-order valence-electron chi connectivity index (χ0n) is 8.96. The van der Waals surface area contributed by atoms with Gasteiger partial charge in [0.15, 0.2) is 0 Å². The van der Waals surface area contributed by atoms with Crippen molar-refractivity contribution in [2.45, 2.75) is 12.3 Å². The predicted octanol–water partition coefficient (Wildman–Crippen LogP) is 2.28. The second-order valence-corrected chi connectivity index (χ2v) is 3.52. The number of rotatable bonds is 5. The molecule has 1 aromatic rings. The maximum absolute atomic E-state index is 12.7. The first kappa shape index (κ1) is 14.1. The lowest BCUT2D eigenvalue weighted by Crippen LogP contribution is -2.35. The van der Waals surface area contributed by atoms with Crippen LogP contribution in [0.1, 0.15) is 10.4 Å². The third-order valence-electron chi connectivity index (χ3n) is 2.13. The summed E-state index contributed by atoms with van der Waals surface area (Å²) in [5.41, 5.74) is 5.08. The van der Waals surface area contributed by atoms with Crippen LogP contribution < -0.4 is 11.1 Å². The Kier molecular flexibility index (Phi) is 4.00. The number of hydrogen-bond donors (Lipinski definition) is 3. The van der Waals surface area contributed by atoms with Gasteiger partial charge in [-0.3, -0.25) is 0 Å². The summed E-state index contributed by atoms with van der Waals surface area (Å²) >= 11 is 0. The van der Waals surface area contributed by atoms with Gasteiger partial charge in [0, 0.05) is 0 Å². The highest BCUT2D eigenvalue weighted by Gasteiger charge is 2.40. The topological polar surface area (TPSA) is 75.4 Å². The van der Waals surface area contributed by atoms with Crippen LogP contribution in [0.3, 0.4) is 0 Å². The van der Waals surface area contributed by atoms with Gasteiger partial charge in [-0.25, -0.2) is 13.6 Å². The predicted molar refractivity (Wildman–Crippen MR) is 57.3 cm³/mol. The third kappa shape index (κ3) is 3.25. The van der Waals surface area contributed by atoms with Gasteiger partial charge in [-0.15, -0.1) is 0 Å². The Hall–Kier alpha value is -1.99. The molecule has 0 saturated heterocycles. The molecule has 100 valence electrons. The van der Waals surface area contributed by atoms with E-state index in [2.05, 4.69) is 0 Å². The minimum absolute atomic E-state index is 0.00920. The second kappa shape index (κ2) is 5.11. The van der Waals surface area contributed by atoms with Gasteiger partial charge < -0.3 is 16.2 Å². The molecule has 0 bridgehead atoms. The van der Waals surface area contributed by atoms with E-state index in [1.807, 2.05) is 5.32 Å². The first-order valence-corrected chi connectivity index (χ1v) is 4.76. The average Bonchev–Trinajstić information content (AvgIpc) is 2.27. The van der Waals surface area contributed by atoms with E-state index in [9.17, 15) is 22.4 Å². The fourth-order valence-corrected chi connectivity index (χ4v) is 1.13. The van der Waals surface area contributed by atoms with Gasteiger partial charge in [0.25, 0.3) is 0 Å². The summed E-state index contributed by atoms with van der Waals surface area (Å²) in [5.74, 6) is -5.50. The number of carboxylic acid groups (broad SMARTS) is 1. The van der Waals surface area contributed by atoms with E-state index in [-0.39, 0.29) is 16.9 Å². The van der Waals surface area contributed by atoms with Gasteiger partial charge in [0.2, 0.25) is 0 Å². The Bertz CT molecular complexity index is 452. The Balaban J connectivity index is 2.85. The molecule has 0 aromatic heterocycles. The normalized spacial score (nSPS) is 11.6. The molecule has 4 nitrogen and oxygen atoms in total. The van der Waals surface area contributed by atoms with E-state index in [0.717, 1.165) is 6.07 Å². The van der Waals surface area contributed by atoms with Crippen LogP contribution in [0.25, 0.3) is 0 Å². The number of carboxylic acids is 1. The molecule has 0 spiro atoms. The molecular weight excluding hydrogens is 256 g/mol. The summed E-state index contributed by atoms with van der Waals surface area (Å²) in [5, 5.41) is 10.7. The summed E-state index contributed by atoms with van der Waals surface area (Å²) in [7, 11) is 0. The van der Waals surface area contributed by atoms with Crippen molar-refractivity contribution >= 4 is 17.3 Å². The number of anilines is 2. The Morgan fingerprint density at radius 3 is 2.56 bits per heavy atom. The Morgan fingerprint density at radius 1 is 1.44 bits per heavy atom. The fraction of sp³-hybridized carbons (Fsp3) is 0.300. The number of nitrogens with two attached hydrogens (primary N) is 1. The van der Waals surface area contributed by atoms with Gasteiger partial charge in [-0.1, -0.05) is 0 Å². The quantitative estimate of drug-likeness (QED) is 0.564. The minimum Gasteiger partial charge on any atom is -0.478 e. The fourth-order valence-electron chi connectivity index (χ4n) is 1.13. The van der Waals surface area contributed by atoms with Crippen LogP contribution in [-0.4, -0.2) is 30.0 Å². The molecule has 1 rings (SSSR count). The molecule has 8 heteroatoms. The average molecular weight is 266 g/mol. The van der Waals surface area contributed by atoms with E-state index < -0.39 is 24.9 Å². The summed E-state index contributed by atoms with van der Waals surface area (Å²) in [6, 6.07) is 3.36. The monoisotopic (exact) mass is 266 g/mol. The standard InChI is InChI=1S/C10H10F4N2O2/c11-9(12)10(13,14)4-16-7-3-5(8(17)18)1-2-6(7)15/h1-3,9,16H,4,15H2,(H,17,18). The highest BCUT2D eigenvalue weighted by atomic mass is 19.3. The molecule has 0 saturated carbocycles. The van der Waals surface area contributed by atoms with E-state index >= 15 is 0 Å². The van der Waals surface area contributed by atoms with Crippen LogP contribution in [0.4, 0.5) is 28.9 Å². The van der Waals surface area contributed by atoms with Crippen LogP contribution in [0.15, 0.2) is 18.2 Å². The number of nitrogen functional groups attached to an aromatic ring is 1. The first-order valence-electron chi connectivity index (χ1n) is 4.76. The summed E-state index contributed by atoms with van der Waals surface area (Å²) in [4.78, 5) is 10.6. The molecule has 0 atom stereocenters. The molecule has 0 heterocycles. The van der Waals surface area contributed by atoms with Gasteiger partial charge >= 0.3 is 18.3 Å². The molecule has 0 aliphatic rings. The van der Waals surface area contributed by atoms with Gasteiger partial charge in [-0.05, 0) is 18.2 Å². The summed E-state index contributed by atoms with van der Waals surface area (Å²) < 4.78 is 49.1. The van der Waals surface area contributed by atoms with E-state index in [1.165, 1.54) is 12.1 Å². The van der Waals surface area contributed by atoms with Crippen molar-refractivity contribution in [3.05, 3.63) is 23.8 Å². The maximum Gasteiger partial charge on any atom is 0.335 e. The lowest BCUT2D eigenvalue weighted by Gasteiger charge is -2.17. The van der Waals surface area contributed by atoms with Crippen molar-refractivity contribution in [1.29, 1.82) is 0 Å². The molecule has 0 unspecified atom stereocenters. The molecule has 4 N–H and O–H groups in total. The number of benzene rings is 1. The second-order valence-electron chi connectivity index (χ2n) is 3.52. The number of nitrogens with one attached hydrogen (secondary N) is 1. The highest BCUT2D eigenvalue weighted by molar-refractivity contribution is 5.90. The summed E-state index contributed by atoms with van der Waals surface area (Å²) in [6.07, 6.45) is -3.81. The van der Waals surface area contributed by atoms with Crippen molar-refractivity contribution in [3.63, 3.8) is 0 Å². The van der Waals surface area contributed by atoms with Crippen molar-refractivity contribution in [1.82, 2.24) is 0 Å². The SMILES string of the molecule is Nc1ccc(C(=O)O)cc1NCC(F)(F)C(F)F.